The fraction of sp³-hybridized carbons (Fsp3) is 0.472. The Kier molecular flexibility index (Phi) is 8.02. The number of anilines is 2. The lowest BCUT2D eigenvalue weighted by molar-refractivity contribution is -0.126. The molecular weight excluding hydrogens is 548 g/mol. The zero-order chi connectivity index (χ0) is 30.2. The molecule has 4 aliphatic heterocycles. The summed E-state index contributed by atoms with van der Waals surface area (Å²) in [6, 6.07) is 15.4. The molecule has 0 N–H and O–H groups in total. The van der Waals surface area contributed by atoms with Crippen LogP contribution in [0.1, 0.15) is 53.0 Å². The number of fused-ring (bicyclic) bond motifs is 2. The molecule has 3 saturated heterocycles. The van der Waals surface area contributed by atoms with Crippen molar-refractivity contribution in [2.45, 2.75) is 51.6 Å². The predicted molar refractivity (Wildman–Crippen MR) is 176 cm³/mol. The molecule has 5 heterocycles. The number of likely N-dealkylation sites (tertiary alicyclic amines) is 2. The summed E-state index contributed by atoms with van der Waals surface area (Å²) in [4.78, 5) is 43.0. The Balaban J connectivity index is 1.22. The number of benzene rings is 2. The van der Waals surface area contributed by atoms with E-state index in [2.05, 4.69) is 75.6 Å². The van der Waals surface area contributed by atoms with Gasteiger partial charge < -0.3 is 24.5 Å². The van der Waals surface area contributed by atoms with Gasteiger partial charge in [0.05, 0.1) is 12.2 Å². The van der Waals surface area contributed by atoms with E-state index in [1.54, 1.807) is 0 Å². The second-order valence-corrected chi connectivity index (χ2v) is 12.9. The first-order valence-corrected chi connectivity index (χ1v) is 16.5. The molecule has 0 spiro atoms. The average Bonchev–Trinajstić information content (AvgIpc) is 3.76. The van der Waals surface area contributed by atoms with E-state index in [1.807, 2.05) is 4.90 Å². The second kappa shape index (κ2) is 12.2. The van der Waals surface area contributed by atoms with Crippen molar-refractivity contribution >= 4 is 34.0 Å². The Morgan fingerprint density at radius 1 is 0.909 bits per heavy atom. The van der Waals surface area contributed by atoms with E-state index in [4.69, 9.17) is 4.98 Å². The number of pyridine rings is 1. The fourth-order valence-electron chi connectivity index (χ4n) is 7.89. The van der Waals surface area contributed by atoms with Gasteiger partial charge in [0.15, 0.2) is 0 Å². The van der Waals surface area contributed by atoms with Crippen molar-refractivity contribution in [3.63, 3.8) is 0 Å². The number of carbonyl (C=O) groups is 2. The van der Waals surface area contributed by atoms with E-state index in [0.29, 0.717) is 25.3 Å². The predicted octanol–water partition coefficient (Wildman–Crippen LogP) is 4.64. The highest BCUT2D eigenvalue weighted by Gasteiger charge is 2.34. The summed E-state index contributed by atoms with van der Waals surface area (Å²) < 4.78 is 0. The van der Waals surface area contributed by atoms with Gasteiger partial charge in [0.25, 0.3) is 5.91 Å². The largest absolute Gasteiger partial charge is 0.368 e. The molecule has 0 saturated carbocycles. The van der Waals surface area contributed by atoms with Crippen molar-refractivity contribution in [2.24, 2.45) is 0 Å². The van der Waals surface area contributed by atoms with Crippen molar-refractivity contribution in [1.29, 1.82) is 0 Å². The number of aryl methyl sites for hydroxylation is 1. The molecule has 7 rings (SSSR count). The van der Waals surface area contributed by atoms with Gasteiger partial charge in [-0.15, -0.1) is 0 Å². The molecule has 3 fully saturated rings. The Bertz CT molecular complexity index is 1570. The van der Waals surface area contributed by atoms with Gasteiger partial charge in [-0.25, -0.2) is 4.98 Å². The number of rotatable bonds is 6. The molecule has 230 valence electrons. The van der Waals surface area contributed by atoms with Crippen LogP contribution in [0.5, 0.6) is 0 Å². The first-order valence-electron chi connectivity index (χ1n) is 16.5. The maximum Gasteiger partial charge on any atom is 0.272 e. The zero-order valence-corrected chi connectivity index (χ0v) is 26.0. The normalized spacial score (nSPS) is 20.8. The standard InChI is InChI=1S/C36H44N6O2/c1-3-34(43)40-21-19-39(20-22-40)33-23-30(36(44)42-17-8-12-28(42)24-38-15-4-5-16-38)37-31-25-41(18-14-29(31)33)32-13-7-11-27-10-6-9-26(2)35(27)32/h3,6-7,9-11,13,23,28H,1,4-5,8,12,14-22,24-25H2,2H3/t28-/m1/s1. The second-order valence-electron chi connectivity index (χ2n) is 12.9. The third kappa shape index (κ3) is 5.45. The first-order chi connectivity index (χ1) is 21.5. The highest BCUT2D eigenvalue weighted by Crippen LogP contribution is 2.36. The van der Waals surface area contributed by atoms with Crippen LogP contribution in [0.4, 0.5) is 11.4 Å². The summed E-state index contributed by atoms with van der Waals surface area (Å²) in [5, 5.41) is 2.53. The Labute approximate surface area is 260 Å². The number of aromatic nitrogens is 1. The minimum Gasteiger partial charge on any atom is -0.368 e. The van der Waals surface area contributed by atoms with E-state index < -0.39 is 0 Å². The molecule has 0 unspecified atom stereocenters. The molecule has 4 aliphatic rings. The fourth-order valence-corrected chi connectivity index (χ4v) is 7.89. The lowest BCUT2D eigenvalue weighted by atomic mass is 9.97. The minimum atomic E-state index is -0.0172. The molecule has 2 aromatic carbocycles. The van der Waals surface area contributed by atoms with Gasteiger partial charge in [-0.05, 0) is 81.3 Å². The average molecular weight is 593 g/mol. The molecular formula is C36H44N6O2. The molecule has 2 amide bonds. The van der Waals surface area contributed by atoms with Gasteiger partial charge in [0.1, 0.15) is 5.69 Å². The molecule has 0 aliphatic carbocycles. The van der Waals surface area contributed by atoms with Crippen molar-refractivity contribution < 1.29 is 9.59 Å². The van der Waals surface area contributed by atoms with Crippen LogP contribution < -0.4 is 9.80 Å². The van der Waals surface area contributed by atoms with E-state index in [1.165, 1.54) is 46.5 Å². The number of hydrogen-bond acceptors (Lipinski definition) is 6. The molecule has 1 aromatic heterocycles. The topological polar surface area (TPSA) is 63.2 Å². The number of amides is 2. The molecule has 0 radical (unpaired) electrons. The van der Waals surface area contributed by atoms with Crippen LogP contribution in [0.2, 0.25) is 0 Å². The van der Waals surface area contributed by atoms with Crippen molar-refractivity contribution in [2.75, 3.05) is 68.7 Å². The Hall–Kier alpha value is -3.91. The van der Waals surface area contributed by atoms with E-state index in [0.717, 1.165) is 76.5 Å². The molecule has 3 aromatic rings. The molecule has 44 heavy (non-hydrogen) atoms. The van der Waals surface area contributed by atoms with Crippen molar-refractivity contribution in [3.05, 3.63) is 77.6 Å². The number of hydrogen-bond donors (Lipinski definition) is 0. The summed E-state index contributed by atoms with van der Waals surface area (Å²) in [5.41, 5.74) is 6.43. The summed E-state index contributed by atoms with van der Waals surface area (Å²) >= 11 is 0. The lowest BCUT2D eigenvalue weighted by Gasteiger charge is -2.39. The lowest BCUT2D eigenvalue weighted by Crippen LogP contribution is -2.49. The van der Waals surface area contributed by atoms with Gasteiger partial charge >= 0.3 is 0 Å². The third-order valence-corrected chi connectivity index (χ3v) is 10.2. The summed E-state index contributed by atoms with van der Waals surface area (Å²) in [5.74, 6) is 0.0470. The van der Waals surface area contributed by atoms with Gasteiger partial charge in [0.2, 0.25) is 5.91 Å². The van der Waals surface area contributed by atoms with Crippen LogP contribution in [-0.2, 0) is 17.8 Å². The monoisotopic (exact) mass is 592 g/mol. The highest BCUT2D eigenvalue weighted by atomic mass is 16.2. The van der Waals surface area contributed by atoms with Gasteiger partial charge in [0, 0.05) is 74.2 Å². The molecule has 8 nitrogen and oxygen atoms in total. The highest BCUT2D eigenvalue weighted by molar-refractivity contribution is 5.97. The number of carbonyl (C=O) groups excluding carboxylic acids is 2. The molecule has 8 heteroatoms. The number of piperazine rings is 1. The quantitative estimate of drug-likeness (QED) is 0.389. The van der Waals surface area contributed by atoms with Crippen molar-refractivity contribution in [3.8, 4) is 0 Å². The maximum atomic E-state index is 14.3. The first kappa shape index (κ1) is 28.8. The summed E-state index contributed by atoms with van der Waals surface area (Å²) in [6.07, 6.45) is 6.90. The molecule has 1 atom stereocenters. The SMILES string of the molecule is C=CC(=O)N1CCN(c2cc(C(=O)N3CCC[C@@H]3CN3CCCC3)nc3c2CCN(c2cccc4cccc(C)c24)C3)CC1. The van der Waals surface area contributed by atoms with E-state index in [-0.39, 0.29) is 17.9 Å². The van der Waals surface area contributed by atoms with Crippen LogP contribution >= 0.6 is 0 Å². The molecule has 0 bridgehead atoms. The van der Waals surface area contributed by atoms with Gasteiger partial charge in [-0.3, -0.25) is 9.59 Å². The van der Waals surface area contributed by atoms with E-state index >= 15 is 0 Å². The smallest absolute Gasteiger partial charge is 0.272 e. The number of nitrogens with zero attached hydrogens (tertiary/aromatic N) is 6. The van der Waals surface area contributed by atoms with Crippen LogP contribution in [0.3, 0.4) is 0 Å². The van der Waals surface area contributed by atoms with Crippen LogP contribution in [0.15, 0.2) is 55.1 Å². The van der Waals surface area contributed by atoms with Crippen LogP contribution in [0, 0.1) is 6.92 Å². The Morgan fingerprint density at radius 2 is 1.68 bits per heavy atom. The van der Waals surface area contributed by atoms with Crippen LogP contribution in [0.25, 0.3) is 10.8 Å². The van der Waals surface area contributed by atoms with Crippen molar-refractivity contribution in [1.82, 2.24) is 19.7 Å². The summed E-state index contributed by atoms with van der Waals surface area (Å²) in [7, 11) is 0. The minimum absolute atomic E-state index is 0.0172. The summed E-state index contributed by atoms with van der Waals surface area (Å²) in [6.45, 7) is 14.2. The van der Waals surface area contributed by atoms with E-state index in [9.17, 15) is 9.59 Å². The third-order valence-electron chi connectivity index (χ3n) is 10.2. The maximum absolute atomic E-state index is 14.3. The van der Waals surface area contributed by atoms with Gasteiger partial charge in [-0.1, -0.05) is 36.9 Å². The zero-order valence-electron chi connectivity index (χ0n) is 26.0. The van der Waals surface area contributed by atoms with Crippen LogP contribution in [-0.4, -0.2) is 96.4 Å². The van der Waals surface area contributed by atoms with Gasteiger partial charge in [-0.2, -0.15) is 0 Å². The Morgan fingerprint density at radius 3 is 2.45 bits per heavy atom.